The number of carbonyl (C=O) groups excluding carboxylic acids is 1. The number of halogens is 3. The quantitative estimate of drug-likeness (QED) is 0.908. The molecule has 3 nitrogen and oxygen atoms in total. The number of nitrogens with two attached hydrogens (primary N) is 1. The van der Waals surface area contributed by atoms with Crippen LogP contribution in [0.2, 0.25) is 0 Å². The molecule has 1 aromatic carbocycles. The van der Waals surface area contributed by atoms with Gasteiger partial charge in [-0.05, 0) is 25.0 Å². The molecule has 1 amide bonds. The van der Waals surface area contributed by atoms with Crippen molar-refractivity contribution >= 4 is 5.91 Å². The molecule has 0 aromatic heterocycles. The molecule has 0 saturated carbocycles. The minimum atomic E-state index is -4.43. The predicted molar refractivity (Wildman–Crippen MR) is 75.4 cm³/mol. The number of amides is 1. The van der Waals surface area contributed by atoms with Gasteiger partial charge in [-0.1, -0.05) is 31.5 Å². The smallest absolute Gasteiger partial charge is 0.340 e. The fraction of sp³-hybridized carbons (Fsp3) is 0.533. The molecule has 0 aliphatic heterocycles. The van der Waals surface area contributed by atoms with Crippen LogP contribution in [0.5, 0.6) is 0 Å². The van der Waals surface area contributed by atoms with E-state index in [1.165, 1.54) is 30.1 Å². The minimum absolute atomic E-state index is 0.0631. The molecular weight excluding hydrogens is 281 g/mol. The summed E-state index contributed by atoms with van der Waals surface area (Å²) in [5.41, 5.74) is 4.22. The number of alkyl halides is 3. The van der Waals surface area contributed by atoms with Crippen LogP contribution in [-0.2, 0) is 17.5 Å². The lowest BCUT2D eigenvalue weighted by molar-refractivity contribution is -0.140. The van der Waals surface area contributed by atoms with Gasteiger partial charge in [-0.3, -0.25) is 4.79 Å². The Balaban J connectivity index is 2.94. The number of nitrogens with zero attached hydrogens (tertiary/aromatic N) is 1. The Morgan fingerprint density at radius 3 is 2.38 bits per heavy atom. The van der Waals surface area contributed by atoms with Gasteiger partial charge in [0.2, 0.25) is 5.91 Å². The molecular formula is C15H21F3N2O. The molecule has 1 atom stereocenters. The lowest BCUT2D eigenvalue weighted by atomic mass is 9.95. The zero-order valence-electron chi connectivity index (χ0n) is 12.5. The van der Waals surface area contributed by atoms with Crippen LogP contribution in [0.3, 0.4) is 0 Å². The van der Waals surface area contributed by atoms with Crippen LogP contribution in [0.25, 0.3) is 0 Å². The van der Waals surface area contributed by atoms with E-state index in [2.05, 4.69) is 0 Å². The van der Waals surface area contributed by atoms with E-state index in [0.717, 1.165) is 12.5 Å². The van der Waals surface area contributed by atoms with E-state index in [1.807, 2.05) is 6.92 Å². The second-order valence-corrected chi connectivity index (χ2v) is 5.48. The molecule has 0 aliphatic carbocycles. The molecule has 0 bridgehead atoms. The van der Waals surface area contributed by atoms with Gasteiger partial charge in [0.05, 0.1) is 11.1 Å². The molecule has 0 radical (unpaired) electrons. The van der Waals surface area contributed by atoms with E-state index in [1.54, 1.807) is 6.92 Å². The first-order valence-corrected chi connectivity index (χ1v) is 6.79. The Kier molecular flexibility index (Phi) is 5.39. The molecule has 1 unspecified atom stereocenters. The zero-order chi connectivity index (χ0) is 16.3. The molecule has 21 heavy (non-hydrogen) atoms. The topological polar surface area (TPSA) is 46.3 Å². The highest BCUT2D eigenvalue weighted by atomic mass is 19.4. The molecule has 1 rings (SSSR count). The number of likely N-dealkylation sites (N-methyl/N-ethyl adjacent to an activating group) is 1. The zero-order valence-corrected chi connectivity index (χ0v) is 12.5. The lowest BCUT2D eigenvalue weighted by Gasteiger charge is -2.29. The molecule has 0 heterocycles. The summed E-state index contributed by atoms with van der Waals surface area (Å²) < 4.78 is 38.8. The van der Waals surface area contributed by atoms with Crippen LogP contribution < -0.4 is 5.73 Å². The lowest BCUT2D eigenvalue weighted by Crippen LogP contribution is -2.51. The van der Waals surface area contributed by atoms with E-state index in [9.17, 15) is 18.0 Å². The van der Waals surface area contributed by atoms with Gasteiger partial charge in [0.15, 0.2) is 0 Å². The Morgan fingerprint density at radius 2 is 1.86 bits per heavy atom. The third-order valence-corrected chi connectivity index (χ3v) is 3.33. The van der Waals surface area contributed by atoms with Gasteiger partial charge in [0, 0.05) is 13.6 Å². The molecule has 0 fully saturated rings. The molecule has 118 valence electrons. The van der Waals surface area contributed by atoms with Gasteiger partial charge in [0.1, 0.15) is 0 Å². The maximum Gasteiger partial charge on any atom is 0.416 e. The highest BCUT2D eigenvalue weighted by Gasteiger charge is 2.35. The number of rotatable bonds is 5. The Bertz CT molecular complexity index is 498. The third-order valence-electron chi connectivity index (χ3n) is 3.33. The van der Waals surface area contributed by atoms with Gasteiger partial charge in [-0.25, -0.2) is 0 Å². The fourth-order valence-corrected chi connectivity index (χ4v) is 2.32. The maximum absolute atomic E-state index is 12.9. The summed E-state index contributed by atoms with van der Waals surface area (Å²) in [5.74, 6) is -0.360. The van der Waals surface area contributed by atoms with Crippen LogP contribution in [0.1, 0.15) is 37.8 Å². The summed E-state index contributed by atoms with van der Waals surface area (Å²) in [6.45, 7) is 3.38. The Hall–Kier alpha value is -1.56. The number of hydrogen-bond donors (Lipinski definition) is 1. The molecule has 1 aromatic rings. The van der Waals surface area contributed by atoms with Gasteiger partial charge in [-0.2, -0.15) is 13.2 Å². The van der Waals surface area contributed by atoms with Gasteiger partial charge >= 0.3 is 6.18 Å². The predicted octanol–water partition coefficient (Wildman–Crippen LogP) is 3.18. The van der Waals surface area contributed by atoms with Crippen molar-refractivity contribution in [3.8, 4) is 0 Å². The SMILES string of the molecule is CCCC(C)(N)C(=O)N(C)Cc1ccccc1C(F)(F)F. The second kappa shape index (κ2) is 6.47. The average Bonchev–Trinajstić information content (AvgIpc) is 2.37. The largest absolute Gasteiger partial charge is 0.416 e. The van der Waals surface area contributed by atoms with Gasteiger partial charge < -0.3 is 10.6 Å². The summed E-state index contributed by atoms with van der Waals surface area (Å²) in [6.07, 6.45) is -3.22. The minimum Gasteiger partial charge on any atom is -0.340 e. The summed E-state index contributed by atoms with van der Waals surface area (Å²) in [6, 6.07) is 5.25. The average molecular weight is 302 g/mol. The maximum atomic E-state index is 12.9. The second-order valence-electron chi connectivity index (χ2n) is 5.48. The number of hydrogen-bond acceptors (Lipinski definition) is 2. The van der Waals surface area contributed by atoms with Crippen LogP contribution in [0, 0.1) is 0 Å². The Labute approximate surface area is 122 Å². The van der Waals surface area contributed by atoms with Crippen molar-refractivity contribution in [3.05, 3.63) is 35.4 Å². The first kappa shape index (κ1) is 17.5. The van der Waals surface area contributed by atoms with E-state index in [0.29, 0.717) is 6.42 Å². The molecule has 0 aliphatic rings. The van der Waals surface area contributed by atoms with Crippen molar-refractivity contribution in [2.24, 2.45) is 5.73 Å². The van der Waals surface area contributed by atoms with Crippen LogP contribution in [0.4, 0.5) is 13.2 Å². The standard InChI is InChI=1S/C15H21F3N2O/c1-4-9-14(2,19)13(21)20(3)10-11-7-5-6-8-12(11)15(16,17)18/h5-8H,4,9-10,19H2,1-3H3. The van der Waals surface area contributed by atoms with E-state index < -0.39 is 17.3 Å². The van der Waals surface area contributed by atoms with Crippen molar-refractivity contribution < 1.29 is 18.0 Å². The first-order valence-electron chi connectivity index (χ1n) is 6.79. The summed E-state index contributed by atoms with van der Waals surface area (Å²) in [7, 11) is 1.47. The van der Waals surface area contributed by atoms with Crippen molar-refractivity contribution in [3.63, 3.8) is 0 Å². The van der Waals surface area contributed by atoms with E-state index in [4.69, 9.17) is 5.73 Å². The van der Waals surface area contributed by atoms with Gasteiger partial charge in [-0.15, -0.1) is 0 Å². The summed E-state index contributed by atoms with van der Waals surface area (Å²) >= 11 is 0. The number of carbonyl (C=O) groups is 1. The number of benzene rings is 1. The van der Waals surface area contributed by atoms with Crippen molar-refractivity contribution in [1.29, 1.82) is 0 Å². The molecule has 0 spiro atoms. The molecule has 2 N–H and O–H groups in total. The summed E-state index contributed by atoms with van der Waals surface area (Å²) in [5, 5.41) is 0. The highest BCUT2D eigenvalue weighted by Crippen LogP contribution is 2.32. The fourth-order valence-electron chi connectivity index (χ4n) is 2.32. The van der Waals surface area contributed by atoms with Crippen molar-refractivity contribution in [2.45, 2.75) is 44.9 Å². The van der Waals surface area contributed by atoms with E-state index in [-0.39, 0.29) is 18.0 Å². The highest BCUT2D eigenvalue weighted by molar-refractivity contribution is 5.85. The monoisotopic (exact) mass is 302 g/mol. The van der Waals surface area contributed by atoms with E-state index >= 15 is 0 Å². The first-order chi connectivity index (χ1) is 9.59. The van der Waals surface area contributed by atoms with Gasteiger partial charge in [0.25, 0.3) is 0 Å². The normalized spacial score (nSPS) is 14.6. The van der Waals surface area contributed by atoms with Crippen molar-refractivity contribution in [1.82, 2.24) is 4.90 Å². The van der Waals surface area contributed by atoms with Crippen LogP contribution in [0.15, 0.2) is 24.3 Å². The molecule has 0 saturated heterocycles. The molecule has 6 heteroatoms. The summed E-state index contributed by atoms with van der Waals surface area (Å²) in [4.78, 5) is 13.5. The third kappa shape index (κ3) is 4.46. The Morgan fingerprint density at radius 1 is 1.29 bits per heavy atom. The van der Waals surface area contributed by atoms with Crippen LogP contribution >= 0.6 is 0 Å². The van der Waals surface area contributed by atoms with Crippen molar-refractivity contribution in [2.75, 3.05) is 7.05 Å². The van der Waals surface area contributed by atoms with Crippen LogP contribution in [-0.4, -0.2) is 23.4 Å².